The van der Waals surface area contributed by atoms with Crippen LogP contribution in [0.5, 0.6) is 0 Å². The maximum Gasteiger partial charge on any atom is 0.356 e. The van der Waals surface area contributed by atoms with Crippen molar-refractivity contribution in [3.8, 4) is 11.4 Å². The SMILES string of the molecule is COC(=O)c1cc(-c2cnccn2)nc(C)n1. The molecule has 17 heavy (non-hydrogen) atoms. The zero-order valence-corrected chi connectivity index (χ0v) is 9.41. The molecular weight excluding hydrogens is 220 g/mol. The fraction of sp³-hybridized carbons (Fsp3) is 0.182. The van der Waals surface area contributed by atoms with Gasteiger partial charge in [0.1, 0.15) is 11.5 Å². The van der Waals surface area contributed by atoms with Crippen molar-refractivity contribution in [2.24, 2.45) is 0 Å². The van der Waals surface area contributed by atoms with Crippen LogP contribution in [0.25, 0.3) is 11.4 Å². The lowest BCUT2D eigenvalue weighted by atomic mass is 10.2. The predicted octanol–water partition coefficient (Wildman–Crippen LogP) is 1.03. The molecule has 0 saturated carbocycles. The second kappa shape index (κ2) is 4.65. The Morgan fingerprint density at radius 1 is 1.24 bits per heavy atom. The predicted molar refractivity (Wildman–Crippen MR) is 59.1 cm³/mol. The zero-order valence-electron chi connectivity index (χ0n) is 9.41. The van der Waals surface area contributed by atoms with Crippen LogP contribution in [0.3, 0.4) is 0 Å². The third-order valence-electron chi connectivity index (χ3n) is 2.06. The molecule has 0 saturated heterocycles. The highest BCUT2D eigenvalue weighted by Gasteiger charge is 2.11. The zero-order chi connectivity index (χ0) is 12.3. The summed E-state index contributed by atoms with van der Waals surface area (Å²) >= 11 is 0. The Labute approximate surface area is 97.7 Å². The standard InChI is InChI=1S/C11H10N4O2/c1-7-14-8(10-6-12-3-4-13-10)5-9(15-7)11(16)17-2/h3-6H,1-2H3. The van der Waals surface area contributed by atoms with Gasteiger partial charge in [0.05, 0.1) is 19.0 Å². The number of ether oxygens (including phenoxy) is 1. The number of aryl methyl sites for hydroxylation is 1. The maximum atomic E-state index is 11.4. The molecule has 2 rings (SSSR count). The van der Waals surface area contributed by atoms with E-state index >= 15 is 0 Å². The molecule has 6 nitrogen and oxygen atoms in total. The van der Waals surface area contributed by atoms with E-state index in [-0.39, 0.29) is 5.69 Å². The van der Waals surface area contributed by atoms with Crippen molar-refractivity contribution in [2.45, 2.75) is 6.92 Å². The molecule has 0 fully saturated rings. The molecule has 2 heterocycles. The van der Waals surface area contributed by atoms with Gasteiger partial charge in [-0.1, -0.05) is 0 Å². The first kappa shape index (κ1) is 11.1. The summed E-state index contributed by atoms with van der Waals surface area (Å²) in [6, 6.07) is 1.53. The van der Waals surface area contributed by atoms with Gasteiger partial charge >= 0.3 is 5.97 Å². The highest BCUT2D eigenvalue weighted by atomic mass is 16.5. The minimum atomic E-state index is -0.499. The highest BCUT2D eigenvalue weighted by Crippen LogP contribution is 2.14. The van der Waals surface area contributed by atoms with E-state index in [9.17, 15) is 4.79 Å². The normalized spacial score (nSPS) is 10.0. The Morgan fingerprint density at radius 3 is 2.71 bits per heavy atom. The first-order valence-corrected chi connectivity index (χ1v) is 4.91. The van der Waals surface area contributed by atoms with Crippen molar-refractivity contribution >= 4 is 5.97 Å². The first-order valence-electron chi connectivity index (χ1n) is 4.91. The van der Waals surface area contributed by atoms with Gasteiger partial charge in [-0.2, -0.15) is 0 Å². The summed E-state index contributed by atoms with van der Waals surface area (Å²) in [6.07, 6.45) is 4.70. The molecule has 2 aromatic heterocycles. The molecule has 86 valence electrons. The Balaban J connectivity index is 2.49. The van der Waals surface area contributed by atoms with E-state index in [2.05, 4.69) is 24.7 Å². The second-order valence-electron chi connectivity index (χ2n) is 3.27. The van der Waals surface area contributed by atoms with Gasteiger partial charge in [-0.3, -0.25) is 9.97 Å². The van der Waals surface area contributed by atoms with Gasteiger partial charge in [0, 0.05) is 12.4 Å². The second-order valence-corrected chi connectivity index (χ2v) is 3.27. The summed E-state index contributed by atoms with van der Waals surface area (Å²) < 4.78 is 4.62. The number of carbonyl (C=O) groups excluding carboxylic acids is 1. The number of carbonyl (C=O) groups is 1. The van der Waals surface area contributed by atoms with E-state index in [4.69, 9.17) is 0 Å². The van der Waals surface area contributed by atoms with Crippen LogP contribution in [0.15, 0.2) is 24.7 Å². The number of esters is 1. The minimum absolute atomic E-state index is 0.209. The Morgan fingerprint density at radius 2 is 2.06 bits per heavy atom. The lowest BCUT2D eigenvalue weighted by Crippen LogP contribution is -2.07. The molecule has 0 N–H and O–H groups in total. The van der Waals surface area contributed by atoms with Crippen molar-refractivity contribution < 1.29 is 9.53 Å². The quantitative estimate of drug-likeness (QED) is 0.717. The summed E-state index contributed by atoms with van der Waals surface area (Å²) in [5.74, 6) is -0.0193. The number of hydrogen-bond acceptors (Lipinski definition) is 6. The summed E-state index contributed by atoms with van der Waals surface area (Å²) in [6.45, 7) is 1.70. The van der Waals surface area contributed by atoms with Gasteiger partial charge in [0.2, 0.25) is 0 Å². The molecule has 0 radical (unpaired) electrons. The van der Waals surface area contributed by atoms with Gasteiger partial charge in [-0.15, -0.1) is 0 Å². The molecular formula is C11H10N4O2. The number of methoxy groups -OCH3 is 1. The lowest BCUT2D eigenvalue weighted by Gasteiger charge is -2.03. The molecule has 0 aromatic carbocycles. The van der Waals surface area contributed by atoms with Gasteiger partial charge in [-0.05, 0) is 13.0 Å². The molecule has 2 aromatic rings. The van der Waals surface area contributed by atoms with E-state index in [1.54, 1.807) is 25.5 Å². The third kappa shape index (κ3) is 2.41. The largest absolute Gasteiger partial charge is 0.464 e. The van der Waals surface area contributed by atoms with Gasteiger partial charge in [0.15, 0.2) is 5.69 Å². The molecule has 0 unspecified atom stereocenters. The van der Waals surface area contributed by atoms with E-state index < -0.39 is 5.97 Å². The Hall–Kier alpha value is -2.37. The van der Waals surface area contributed by atoms with Crippen molar-refractivity contribution in [2.75, 3.05) is 7.11 Å². The molecule has 0 aliphatic rings. The summed E-state index contributed by atoms with van der Waals surface area (Å²) in [4.78, 5) is 27.7. The Kier molecular flexibility index (Phi) is 3.04. The van der Waals surface area contributed by atoms with Crippen LogP contribution < -0.4 is 0 Å². The molecule has 0 aliphatic carbocycles. The molecule has 0 spiro atoms. The maximum absolute atomic E-state index is 11.4. The van der Waals surface area contributed by atoms with E-state index in [0.29, 0.717) is 17.2 Å². The van der Waals surface area contributed by atoms with Crippen LogP contribution in [0.4, 0.5) is 0 Å². The lowest BCUT2D eigenvalue weighted by molar-refractivity contribution is 0.0593. The fourth-order valence-corrected chi connectivity index (χ4v) is 1.34. The van der Waals surface area contributed by atoms with Crippen molar-refractivity contribution in [3.63, 3.8) is 0 Å². The van der Waals surface area contributed by atoms with Crippen LogP contribution in [0, 0.1) is 6.92 Å². The third-order valence-corrected chi connectivity index (χ3v) is 2.06. The van der Waals surface area contributed by atoms with Crippen LogP contribution in [0.1, 0.15) is 16.3 Å². The summed E-state index contributed by atoms with van der Waals surface area (Å²) in [7, 11) is 1.31. The average molecular weight is 230 g/mol. The highest BCUT2D eigenvalue weighted by molar-refractivity contribution is 5.88. The number of nitrogens with zero attached hydrogens (tertiary/aromatic N) is 4. The number of rotatable bonds is 2. The van der Waals surface area contributed by atoms with Gasteiger partial charge in [0.25, 0.3) is 0 Å². The average Bonchev–Trinajstić information content (AvgIpc) is 2.38. The molecule has 0 aliphatic heterocycles. The van der Waals surface area contributed by atoms with E-state index in [1.165, 1.54) is 13.2 Å². The number of hydrogen-bond donors (Lipinski definition) is 0. The molecule has 0 amide bonds. The number of aromatic nitrogens is 4. The van der Waals surface area contributed by atoms with E-state index in [1.807, 2.05) is 0 Å². The van der Waals surface area contributed by atoms with Crippen molar-refractivity contribution in [1.82, 2.24) is 19.9 Å². The van der Waals surface area contributed by atoms with Crippen molar-refractivity contribution in [1.29, 1.82) is 0 Å². The van der Waals surface area contributed by atoms with E-state index in [0.717, 1.165) is 0 Å². The fourth-order valence-electron chi connectivity index (χ4n) is 1.34. The van der Waals surface area contributed by atoms with Crippen LogP contribution >= 0.6 is 0 Å². The molecule has 0 atom stereocenters. The molecule has 6 heteroatoms. The van der Waals surface area contributed by atoms with Crippen LogP contribution in [-0.2, 0) is 4.74 Å². The topological polar surface area (TPSA) is 77.9 Å². The monoisotopic (exact) mass is 230 g/mol. The minimum Gasteiger partial charge on any atom is -0.464 e. The van der Waals surface area contributed by atoms with Gasteiger partial charge in [-0.25, -0.2) is 14.8 Å². The van der Waals surface area contributed by atoms with Crippen molar-refractivity contribution in [3.05, 3.63) is 36.2 Å². The smallest absolute Gasteiger partial charge is 0.356 e. The molecule has 0 bridgehead atoms. The van der Waals surface area contributed by atoms with Crippen LogP contribution in [-0.4, -0.2) is 33.0 Å². The Bertz CT molecular complexity index is 542. The first-order chi connectivity index (χ1) is 8.20. The van der Waals surface area contributed by atoms with Crippen LogP contribution in [0.2, 0.25) is 0 Å². The van der Waals surface area contributed by atoms with Gasteiger partial charge < -0.3 is 4.74 Å². The summed E-state index contributed by atoms with van der Waals surface area (Å²) in [5, 5.41) is 0. The summed E-state index contributed by atoms with van der Waals surface area (Å²) in [5.41, 5.74) is 1.34.